The second kappa shape index (κ2) is 11.9. The Balaban J connectivity index is 1.53. The van der Waals surface area contributed by atoms with E-state index in [1.54, 1.807) is 45.6 Å². The molecule has 0 spiro atoms. The van der Waals surface area contributed by atoms with Gasteiger partial charge < -0.3 is 24.8 Å². The molecular weight excluding hydrogens is 516 g/mol. The maximum absolute atomic E-state index is 14.0. The van der Waals surface area contributed by atoms with Crippen LogP contribution in [0.15, 0.2) is 89.3 Å². The molecule has 7 nitrogen and oxygen atoms in total. The van der Waals surface area contributed by atoms with E-state index in [2.05, 4.69) is 29.7 Å². The summed E-state index contributed by atoms with van der Waals surface area (Å²) < 4.78 is 16.2. The fourth-order valence-corrected chi connectivity index (χ4v) is 5.83. The van der Waals surface area contributed by atoms with E-state index < -0.39 is 5.92 Å². The molecule has 0 fully saturated rings. The lowest BCUT2D eigenvalue weighted by Gasteiger charge is -2.37. The number of rotatable bonds is 8. The van der Waals surface area contributed by atoms with Crippen LogP contribution in [-0.4, -0.2) is 33.0 Å². The molecule has 0 unspecified atom stereocenters. The fraction of sp³-hybridized carbons (Fsp3) is 0.294. The maximum atomic E-state index is 14.0. The summed E-state index contributed by atoms with van der Waals surface area (Å²) in [5.41, 5.74) is 6.60. The average Bonchev–Trinajstić information content (AvgIpc) is 3.00. The van der Waals surface area contributed by atoms with Gasteiger partial charge in [-0.3, -0.25) is 9.59 Å². The first-order chi connectivity index (χ1) is 19.9. The number of hydrogen-bond donors (Lipinski definition) is 2. The molecule has 212 valence electrons. The van der Waals surface area contributed by atoms with Crippen LogP contribution in [0.25, 0.3) is 0 Å². The minimum atomic E-state index is -0.478. The van der Waals surface area contributed by atoms with E-state index in [0.29, 0.717) is 46.9 Å². The number of ether oxygens (including phenoxy) is 3. The minimum absolute atomic E-state index is 0.0286. The largest absolute Gasteiger partial charge is 0.497 e. The van der Waals surface area contributed by atoms with Crippen LogP contribution in [0.1, 0.15) is 55.2 Å². The van der Waals surface area contributed by atoms with Gasteiger partial charge in [0.15, 0.2) is 17.3 Å². The summed E-state index contributed by atoms with van der Waals surface area (Å²) in [4.78, 5) is 27.8. The van der Waals surface area contributed by atoms with E-state index >= 15 is 0 Å². The van der Waals surface area contributed by atoms with Gasteiger partial charge in [0.05, 0.1) is 21.3 Å². The monoisotopic (exact) mass is 552 g/mol. The Morgan fingerprint density at radius 1 is 0.878 bits per heavy atom. The van der Waals surface area contributed by atoms with Crippen LogP contribution >= 0.6 is 0 Å². The van der Waals surface area contributed by atoms with Gasteiger partial charge in [0, 0.05) is 40.6 Å². The van der Waals surface area contributed by atoms with Crippen molar-refractivity contribution >= 4 is 17.4 Å². The number of amides is 1. The molecule has 1 aliphatic carbocycles. The van der Waals surface area contributed by atoms with Gasteiger partial charge >= 0.3 is 0 Å². The smallest absolute Gasteiger partial charge is 0.254 e. The normalized spacial score (nSPS) is 18.4. The van der Waals surface area contributed by atoms with Gasteiger partial charge in [-0.25, -0.2) is 0 Å². The Bertz CT molecular complexity index is 1520. The van der Waals surface area contributed by atoms with E-state index in [1.807, 2.05) is 37.3 Å². The number of dihydropyridines is 1. The topological polar surface area (TPSA) is 85.9 Å². The first-order valence-electron chi connectivity index (χ1n) is 13.9. The molecule has 3 aromatic rings. The Labute approximate surface area is 241 Å². The number of anilines is 1. The number of ketones is 1. The molecule has 1 heterocycles. The number of nitrogens with one attached hydrogen (secondary N) is 2. The molecule has 0 saturated carbocycles. The number of aryl methyl sites for hydroxylation is 1. The van der Waals surface area contributed by atoms with E-state index in [1.165, 1.54) is 5.56 Å². The summed E-state index contributed by atoms with van der Waals surface area (Å²) in [5, 5.41) is 6.49. The molecule has 0 aromatic heterocycles. The second-order valence-electron chi connectivity index (χ2n) is 10.4. The first kappa shape index (κ1) is 28.0. The quantitative estimate of drug-likeness (QED) is 0.342. The standard InChI is InChI=1S/C34H36N2O5/c1-6-21-7-9-22(10-8-21)32-31(34(38)36-25-12-14-26(39-3)15-13-25)20(2)35-27-17-24(18-28(37)33(27)32)23-11-16-29(40-4)30(19-23)41-5/h7-16,19,24,32,35H,6,17-18H2,1-5H3,(H,36,38)/t24-,32+/m1/s1. The molecule has 5 rings (SSSR count). The lowest BCUT2D eigenvalue weighted by molar-refractivity contribution is -0.116. The molecule has 41 heavy (non-hydrogen) atoms. The highest BCUT2D eigenvalue weighted by molar-refractivity contribution is 6.10. The van der Waals surface area contributed by atoms with Crippen LogP contribution < -0.4 is 24.8 Å². The molecule has 2 N–H and O–H groups in total. The zero-order valence-corrected chi connectivity index (χ0v) is 24.2. The third-order valence-electron chi connectivity index (χ3n) is 8.02. The van der Waals surface area contributed by atoms with Crippen LogP contribution in [0, 0.1) is 0 Å². The molecular formula is C34H36N2O5. The first-order valence-corrected chi connectivity index (χ1v) is 13.9. The molecule has 1 aliphatic heterocycles. The van der Waals surface area contributed by atoms with Gasteiger partial charge in [-0.2, -0.15) is 0 Å². The number of Topliss-reactive ketones (excluding diaryl/α,β-unsaturated/α-hetero) is 1. The highest BCUT2D eigenvalue weighted by atomic mass is 16.5. The van der Waals surface area contributed by atoms with Gasteiger partial charge in [-0.1, -0.05) is 37.3 Å². The average molecular weight is 553 g/mol. The predicted octanol–water partition coefficient (Wildman–Crippen LogP) is 6.28. The van der Waals surface area contributed by atoms with Crippen molar-refractivity contribution < 1.29 is 23.8 Å². The Morgan fingerprint density at radius 2 is 1.56 bits per heavy atom. The molecule has 0 bridgehead atoms. The zero-order valence-electron chi connectivity index (χ0n) is 24.2. The van der Waals surface area contributed by atoms with Crippen LogP contribution in [-0.2, 0) is 16.0 Å². The molecule has 2 aliphatic rings. The molecule has 0 saturated heterocycles. The lowest BCUT2D eigenvalue weighted by Crippen LogP contribution is -2.37. The molecule has 7 heteroatoms. The van der Waals surface area contributed by atoms with Crippen molar-refractivity contribution in [3.05, 3.63) is 106 Å². The number of hydrogen-bond acceptors (Lipinski definition) is 6. The number of allylic oxidation sites excluding steroid dienone is 3. The van der Waals surface area contributed by atoms with E-state index in [9.17, 15) is 9.59 Å². The second-order valence-corrected chi connectivity index (χ2v) is 10.4. The predicted molar refractivity (Wildman–Crippen MR) is 160 cm³/mol. The Kier molecular flexibility index (Phi) is 8.15. The SMILES string of the molecule is CCc1ccc([C@H]2C(C(=O)Nc3ccc(OC)cc3)=C(C)NC3=C2C(=O)C[C@H](c2ccc(OC)c(OC)c2)C3)cc1. The Morgan fingerprint density at radius 3 is 2.20 bits per heavy atom. The van der Waals surface area contributed by atoms with E-state index in [4.69, 9.17) is 14.2 Å². The van der Waals surface area contributed by atoms with Crippen molar-refractivity contribution in [1.82, 2.24) is 5.32 Å². The summed E-state index contributed by atoms with van der Waals surface area (Å²) >= 11 is 0. The van der Waals surface area contributed by atoms with Crippen molar-refractivity contribution in [3.63, 3.8) is 0 Å². The van der Waals surface area contributed by atoms with Gasteiger partial charge in [0.25, 0.3) is 5.91 Å². The third kappa shape index (κ3) is 5.57. The van der Waals surface area contributed by atoms with Crippen molar-refractivity contribution in [3.8, 4) is 17.2 Å². The van der Waals surface area contributed by atoms with Crippen molar-refractivity contribution in [2.45, 2.75) is 44.9 Å². The molecule has 3 aromatic carbocycles. The minimum Gasteiger partial charge on any atom is -0.497 e. The van der Waals surface area contributed by atoms with Gasteiger partial charge in [-0.15, -0.1) is 0 Å². The number of methoxy groups -OCH3 is 3. The van der Waals surface area contributed by atoms with Gasteiger partial charge in [0.2, 0.25) is 0 Å². The summed E-state index contributed by atoms with van der Waals surface area (Å²) in [6.45, 7) is 4.02. The third-order valence-corrected chi connectivity index (χ3v) is 8.02. The number of benzene rings is 3. The zero-order chi connectivity index (χ0) is 29.1. The summed E-state index contributed by atoms with van der Waals surface area (Å²) in [6.07, 6.45) is 1.89. The summed E-state index contributed by atoms with van der Waals surface area (Å²) in [7, 11) is 4.82. The van der Waals surface area contributed by atoms with E-state index in [-0.39, 0.29) is 17.6 Å². The van der Waals surface area contributed by atoms with Crippen molar-refractivity contribution in [2.75, 3.05) is 26.6 Å². The van der Waals surface area contributed by atoms with Crippen LogP contribution in [0.4, 0.5) is 5.69 Å². The Hall–Kier alpha value is -4.52. The fourth-order valence-electron chi connectivity index (χ4n) is 5.83. The molecule has 1 amide bonds. The highest BCUT2D eigenvalue weighted by Crippen LogP contribution is 2.46. The number of carbonyl (C=O) groups is 2. The lowest BCUT2D eigenvalue weighted by atomic mass is 9.71. The summed E-state index contributed by atoms with van der Waals surface area (Å²) in [6, 6.07) is 21.3. The maximum Gasteiger partial charge on any atom is 0.254 e. The molecule has 0 radical (unpaired) electrons. The van der Waals surface area contributed by atoms with E-state index in [0.717, 1.165) is 28.9 Å². The molecule has 2 atom stereocenters. The van der Waals surface area contributed by atoms with Gasteiger partial charge in [0.1, 0.15) is 5.75 Å². The highest BCUT2D eigenvalue weighted by Gasteiger charge is 2.41. The van der Waals surface area contributed by atoms with Crippen molar-refractivity contribution in [2.24, 2.45) is 0 Å². The van der Waals surface area contributed by atoms with Gasteiger partial charge in [-0.05, 0) is 78.8 Å². The van der Waals surface area contributed by atoms with Crippen LogP contribution in [0.5, 0.6) is 17.2 Å². The van der Waals surface area contributed by atoms with Crippen LogP contribution in [0.2, 0.25) is 0 Å². The number of carbonyl (C=O) groups excluding carboxylic acids is 2. The van der Waals surface area contributed by atoms with Crippen molar-refractivity contribution in [1.29, 1.82) is 0 Å². The summed E-state index contributed by atoms with van der Waals surface area (Å²) in [5.74, 6) is 1.27. The van der Waals surface area contributed by atoms with Crippen LogP contribution in [0.3, 0.4) is 0 Å².